The molecule has 0 unspecified atom stereocenters. The first-order chi connectivity index (χ1) is 9.63. The van der Waals surface area contributed by atoms with Crippen molar-refractivity contribution in [2.24, 2.45) is 10.4 Å². The minimum atomic E-state index is -0.810. The maximum absolute atomic E-state index is 10.2. The third-order valence-electron chi connectivity index (χ3n) is 2.13. The van der Waals surface area contributed by atoms with E-state index in [1.807, 2.05) is 0 Å². The van der Waals surface area contributed by atoms with Gasteiger partial charge in [0.2, 0.25) is 12.1 Å². The van der Waals surface area contributed by atoms with Crippen molar-refractivity contribution in [3.63, 3.8) is 0 Å². The first kappa shape index (κ1) is 17.5. The molecule has 20 heavy (non-hydrogen) atoms. The summed E-state index contributed by atoms with van der Waals surface area (Å²) in [6.45, 7) is 0. The van der Waals surface area contributed by atoms with Crippen LogP contribution in [0.25, 0.3) is 9.91 Å². The van der Waals surface area contributed by atoms with Crippen LogP contribution in [0.1, 0.15) is 51.4 Å². The Morgan fingerprint density at radius 3 is 1.55 bits per heavy atom. The summed E-state index contributed by atoms with van der Waals surface area (Å²) in [6, 6.07) is 5.20. The smallest absolute Gasteiger partial charge is 0.481 e. The Morgan fingerprint density at radius 2 is 1.20 bits per heavy atom. The molecule has 8 nitrogen and oxygen atoms in total. The molecule has 0 amide bonds. The van der Waals surface area contributed by atoms with Gasteiger partial charge in [-0.15, -0.1) is 0 Å². The Morgan fingerprint density at radius 1 is 0.800 bits per heavy atom. The fourth-order valence-electron chi connectivity index (χ4n) is 1.16. The second-order valence-electron chi connectivity index (χ2n) is 3.90. The number of carboxylic acids is 2. The molecule has 0 aliphatic heterocycles. The van der Waals surface area contributed by atoms with Crippen molar-refractivity contribution in [1.82, 2.24) is 0 Å². The zero-order valence-corrected chi connectivity index (χ0v) is 11.2. The van der Waals surface area contributed by atoms with Crippen LogP contribution in [0.15, 0.2) is 10.4 Å². The van der Waals surface area contributed by atoms with Crippen molar-refractivity contribution in [1.29, 1.82) is 0 Å². The Kier molecular flexibility index (Phi) is 11.4. The van der Waals surface area contributed by atoms with Crippen LogP contribution in [-0.2, 0) is 9.59 Å². The molecule has 0 radical (unpaired) electrons. The molecule has 0 aromatic carbocycles. The van der Waals surface area contributed by atoms with Gasteiger partial charge in [-0.05, 0) is 25.7 Å². The lowest BCUT2D eigenvalue weighted by atomic mass is 10.2. The van der Waals surface area contributed by atoms with E-state index in [1.54, 1.807) is 0 Å². The van der Waals surface area contributed by atoms with Gasteiger partial charge in [0, 0.05) is 12.8 Å². The van der Waals surface area contributed by atoms with Gasteiger partial charge < -0.3 is 10.2 Å². The molecule has 0 rings (SSSR count). The fourth-order valence-corrected chi connectivity index (χ4v) is 1.16. The Labute approximate surface area is 116 Å². The number of carbonyl (C=O) groups is 2. The van der Waals surface area contributed by atoms with Crippen molar-refractivity contribution in [2.45, 2.75) is 51.4 Å². The summed E-state index contributed by atoms with van der Waals surface area (Å²) >= 11 is 0. The van der Waals surface area contributed by atoms with Crippen molar-refractivity contribution in [2.75, 3.05) is 0 Å². The highest BCUT2D eigenvalue weighted by atomic mass is 16.4. The van der Waals surface area contributed by atoms with Crippen LogP contribution in [-0.4, -0.2) is 22.2 Å². The molecule has 0 saturated heterocycles. The SMILES string of the molecule is O=C(O)CCCCC#[N+]N=N[N+]#CCCCCC(=O)O. The number of aliphatic carboxylic acids is 2. The zero-order chi connectivity index (χ0) is 15.1. The molecule has 0 aliphatic rings. The van der Waals surface area contributed by atoms with Crippen LogP contribution in [0.5, 0.6) is 0 Å². The summed E-state index contributed by atoms with van der Waals surface area (Å²) < 4.78 is 0. The summed E-state index contributed by atoms with van der Waals surface area (Å²) in [6.07, 6.45) is 3.86. The van der Waals surface area contributed by atoms with E-state index in [0.717, 1.165) is 0 Å². The molecule has 0 aliphatic carbocycles. The van der Waals surface area contributed by atoms with E-state index in [1.165, 1.54) is 0 Å². The van der Waals surface area contributed by atoms with E-state index in [4.69, 9.17) is 10.2 Å². The highest BCUT2D eigenvalue weighted by Gasteiger charge is 1.99. The van der Waals surface area contributed by atoms with E-state index >= 15 is 0 Å². The van der Waals surface area contributed by atoms with E-state index in [9.17, 15) is 9.59 Å². The minimum absolute atomic E-state index is 0.143. The van der Waals surface area contributed by atoms with Crippen LogP contribution in [0.3, 0.4) is 0 Å². The summed E-state index contributed by atoms with van der Waals surface area (Å²) in [5.74, 6) is -1.62. The van der Waals surface area contributed by atoms with Gasteiger partial charge in [0.25, 0.3) is 0 Å². The zero-order valence-electron chi connectivity index (χ0n) is 11.2. The number of nitrogens with zero attached hydrogens (tertiary/aromatic N) is 4. The van der Waals surface area contributed by atoms with Crippen LogP contribution in [0.4, 0.5) is 0 Å². The van der Waals surface area contributed by atoms with Gasteiger partial charge in [0.05, 0.1) is 22.7 Å². The second kappa shape index (κ2) is 13.0. The van der Waals surface area contributed by atoms with Crippen molar-refractivity contribution >= 4 is 11.9 Å². The highest BCUT2D eigenvalue weighted by Crippen LogP contribution is 1.99. The maximum Gasteiger partial charge on any atom is 0.522 e. The third kappa shape index (κ3) is 15.5. The summed E-state index contributed by atoms with van der Waals surface area (Å²) in [7, 11) is 0. The number of hydrogen-bond acceptors (Lipinski definition) is 4. The fraction of sp³-hybridized carbons (Fsp3) is 0.667. The van der Waals surface area contributed by atoms with E-state index < -0.39 is 11.9 Å². The Bertz CT molecular complexity index is 412. The molecule has 0 fully saturated rings. The number of carboxylic acid groups (broad SMARTS) is 2. The molecule has 0 aromatic rings. The topological polar surface area (TPSA) is 108 Å². The summed E-state index contributed by atoms with van der Waals surface area (Å²) in [5, 5.41) is 23.5. The van der Waals surface area contributed by atoms with Gasteiger partial charge in [-0.25, -0.2) is 0 Å². The first-order valence-electron chi connectivity index (χ1n) is 6.32. The van der Waals surface area contributed by atoms with Crippen LogP contribution in [0, 0.1) is 12.1 Å². The monoisotopic (exact) mass is 282 g/mol. The third-order valence-corrected chi connectivity index (χ3v) is 2.13. The van der Waals surface area contributed by atoms with Crippen LogP contribution in [0.2, 0.25) is 0 Å². The molecular weight excluding hydrogens is 264 g/mol. The van der Waals surface area contributed by atoms with Gasteiger partial charge in [-0.1, -0.05) is 0 Å². The van der Waals surface area contributed by atoms with E-state index in [0.29, 0.717) is 38.5 Å². The van der Waals surface area contributed by atoms with Crippen molar-refractivity contribution in [3.8, 4) is 12.1 Å². The molecule has 0 heterocycles. The molecular formula is C12H18N4O4+2. The number of hydrogen-bond donors (Lipinski definition) is 2. The molecule has 0 bridgehead atoms. The van der Waals surface area contributed by atoms with Crippen LogP contribution >= 0.6 is 0 Å². The van der Waals surface area contributed by atoms with E-state index in [2.05, 4.69) is 32.5 Å². The predicted molar refractivity (Wildman–Crippen MR) is 71.6 cm³/mol. The number of rotatable bonds is 8. The van der Waals surface area contributed by atoms with Gasteiger partial charge in [0.1, 0.15) is 0 Å². The number of unbranched alkanes of at least 4 members (excludes halogenated alkanes) is 4. The van der Waals surface area contributed by atoms with E-state index in [-0.39, 0.29) is 12.8 Å². The first-order valence-corrected chi connectivity index (χ1v) is 6.32. The molecule has 0 saturated carbocycles. The van der Waals surface area contributed by atoms with Gasteiger partial charge in [-0.3, -0.25) is 9.59 Å². The van der Waals surface area contributed by atoms with Crippen LogP contribution < -0.4 is 0 Å². The Hall–Kier alpha value is -2.48. The predicted octanol–water partition coefficient (Wildman–Crippen LogP) is 3.22. The summed E-state index contributed by atoms with van der Waals surface area (Å²) in [5.41, 5.74) is 0. The van der Waals surface area contributed by atoms with Crippen molar-refractivity contribution < 1.29 is 19.8 Å². The Balaban J connectivity index is 3.52. The normalized spacial score (nSPS) is 9.40. The lowest BCUT2D eigenvalue weighted by Gasteiger charge is -1.88. The molecule has 0 atom stereocenters. The highest BCUT2D eigenvalue weighted by molar-refractivity contribution is 5.66. The molecule has 0 spiro atoms. The standard InChI is InChI=1S/C12H16N4O4/c17-11(18)7-3-1-5-9-13-15-16-14-10-6-2-4-8-12(19)20/h1-8H2/p+2. The van der Waals surface area contributed by atoms with Gasteiger partial charge in [0.15, 0.2) is 0 Å². The maximum atomic E-state index is 10.2. The quantitative estimate of drug-likeness (QED) is 0.404. The summed E-state index contributed by atoms with van der Waals surface area (Å²) in [4.78, 5) is 27.4. The van der Waals surface area contributed by atoms with Gasteiger partial charge >= 0.3 is 22.4 Å². The average Bonchev–Trinajstić information content (AvgIpc) is 2.38. The second-order valence-corrected chi connectivity index (χ2v) is 3.90. The lowest BCUT2D eigenvalue weighted by Crippen LogP contribution is -1.92. The molecule has 2 N–H and O–H groups in total. The largest absolute Gasteiger partial charge is 0.522 e. The minimum Gasteiger partial charge on any atom is -0.481 e. The molecule has 0 aromatic heterocycles. The molecule has 108 valence electrons. The van der Waals surface area contributed by atoms with Crippen molar-refractivity contribution in [3.05, 3.63) is 9.91 Å². The molecule has 8 heteroatoms. The average molecular weight is 282 g/mol. The lowest BCUT2D eigenvalue weighted by molar-refractivity contribution is -0.138. The van der Waals surface area contributed by atoms with Gasteiger partial charge in [-0.2, -0.15) is 0 Å².